The number of nitrogens with zero attached hydrogens (tertiary/aromatic N) is 2. The molecule has 0 bridgehead atoms. The summed E-state index contributed by atoms with van der Waals surface area (Å²) in [5.41, 5.74) is 8.42. The molecule has 1 aliphatic rings. The van der Waals surface area contributed by atoms with E-state index in [9.17, 15) is 0 Å². The molecule has 1 aromatic rings. The van der Waals surface area contributed by atoms with E-state index in [0.717, 1.165) is 25.4 Å². The molecule has 0 spiro atoms. The second-order valence-corrected chi connectivity index (χ2v) is 7.15. The van der Waals surface area contributed by atoms with Gasteiger partial charge in [0.05, 0.1) is 0 Å². The molecule has 124 valence electrons. The van der Waals surface area contributed by atoms with Crippen LogP contribution in [0.15, 0.2) is 24.3 Å². The first kappa shape index (κ1) is 17.5. The van der Waals surface area contributed by atoms with Crippen molar-refractivity contribution in [3.05, 3.63) is 35.4 Å². The molecule has 22 heavy (non-hydrogen) atoms. The fraction of sp³-hybridized carbons (Fsp3) is 0.684. The minimum atomic E-state index is 0.682. The zero-order valence-electron chi connectivity index (χ0n) is 14.6. The Balaban J connectivity index is 1.84. The maximum absolute atomic E-state index is 5.66. The molecule has 1 saturated heterocycles. The summed E-state index contributed by atoms with van der Waals surface area (Å²) < 4.78 is 0. The average Bonchev–Trinajstić information content (AvgIpc) is 2.48. The lowest BCUT2D eigenvalue weighted by molar-refractivity contribution is 0.116. The highest BCUT2D eigenvalue weighted by atomic mass is 15.2. The lowest BCUT2D eigenvalue weighted by Gasteiger charge is -2.37. The Hall–Kier alpha value is -0.900. The third-order valence-corrected chi connectivity index (χ3v) is 4.73. The molecule has 0 saturated carbocycles. The lowest BCUT2D eigenvalue weighted by atomic mass is 9.96. The Labute approximate surface area is 136 Å². The third kappa shape index (κ3) is 5.38. The smallest absolute Gasteiger partial charge is 0.0230 e. The van der Waals surface area contributed by atoms with Crippen LogP contribution in [-0.2, 0) is 13.0 Å². The van der Waals surface area contributed by atoms with Crippen molar-refractivity contribution in [2.75, 3.05) is 33.2 Å². The van der Waals surface area contributed by atoms with Crippen molar-refractivity contribution < 1.29 is 0 Å². The molecule has 3 heteroatoms. The Bertz CT molecular complexity index is 444. The molecule has 0 aromatic heterocycles. The van der Waals surface area contributed by atoms with E-state index in [1.807, 2.05) is 0 Å². The minimum absolute atomic E-state index is 0.682. The predicted molar refractivity (Wildman–Crippen MR) is 95.0 cm³/mol. The van der Waals surface area contributed by atoms with Gasteiger partial charge >= 0.3 is 0 Å². The summed E-state index contributed by atoms with van der Waals surface area (Å²) in [6, 6.07) is 9.57. The zero-order valence-corrected chi connectivity index (χ0v) is 14.6. The number of hydrogen-bond acceptors (Lipinski definition) is 3. The van der Waals surface area contributed by atoms with E-state index in [1.165, 1.54) is 43.6 Å². The van der Waals surface area contributed by atoms with Crippen LogP contribution in [0, 0.1) is 5.92 Å². The summed E-state index contributed by atoms with van der Waals surface area (Å²) in [7, 11) is 2.25. The van der Waals surface area contributed by atoms with Gasteiger partial charge in [0.25, 0.3) is 0 Å². The van der Waals surface area contributed by atoms with Crippen molar-refractivity contribution >= 4 is 0 Å². The molecule has 0 aliphatic carbocycles. The van der Waals surface area contributed by atoms with Gasteiger partial charge in [-0.25, -0.2) is 0 Å². The molecular weight excluding hydrogens is 270 g/mol. The Morgan fingerprint density at radius 2 is 2.09 bits per heavy atom. The summed E-state index contributed by atoms with van der Waals surface area (Å²) in [4.78, 5) is 5.11. The minimum Gasteiger partial charge on any atom is -0.330 e. The van der Waals surface area contributed by atoms with Crippen molar-refractivity contribution in [3.63, 3.8) is 0 Å². The molecule has 0 unspecified atom stereocenters. The normalized spacial score (nSPS) is 20.0. The van der Waals surface area contributed by atoms with Crippen molar-refractivity contribution in [3.8, 4) is 0 Å². The zero-order chi connectivity index (χ0) is 15.9. The number of piperidine rings is 1. The second kappa shape index (κ2) is 8.66. The highest BCUT2D eigenvalue weighted by Crippen LogP contribution is 2.20. The van der Waals surface area contributed by atoms with E-state index < -0.39 is 0 Å². The van der Waals surface area contributed by atoms with Crippen LogP contribution in [-0.4, -0.2) is 49.1 Å². The van der Waals surface area contributed by atoms with Gasteiger partial charge < -0.3 is 15.5 Å². The van der Waals surface area contributed by atoms with Gasteiger partial charge in [-0.1, -0.05) is 24.3 Å². The van der Waals surface area contributed by atoms with Crippen LogP contribution in [0.2, 0.25) is 0 Å². The number of hydrogen-bond donors (Lipinski definition) is 1. The fourth-order valence-corrected chi connectivity index (χ4v) is 3.58. The monoisotopic (exact) mass is 303 g/mol. The third-order valence-electron chi connectivity index (χ3n) is 4.73. The first-order valence-corrected chi connectivity index (χ1v) is 8.79. The van der Waals surface area contributed by atoms with Crippen molar-refractivity contribution in [1.82, 2.24) is 9.80 Å². The number of benzene rings is 1. The molecule has 1 heterocycles. The van der Waals surface area contributed by atoms with Crippen LogP contribution in [0.4, 0.5) is 0 Å². The Kier molecular flexibility index (Phi) is 6.87. The van der Waals surface area contributed by atoms with E-state index in [1.54, 1.807) is 0 Å². The molecule has 2 N–H and O–H groups in total. The Morgan fingerprint density at radius 1 is 1.32 bits per heavy atom. The second-order valence-electron chi connectivity index (χ2n) is 7.15. The molecule has 0 radical (unpaired) electrons. The Morgan fingerprint density at radius 3 is 2.82 bits per heavy atom. The van der Waals surface area contributed by atoms with Gasteiger partial charge in [-0.3, -0.25) is 0 Å². The highest BCUT2D eigenvalue weighted by Gasteiger charge is 2.22. The molecule has 1 atom stereocenters. The van der Waals surface area contributed by atoms with Crippen LogP contribution < -0.4 is 5.73 Å². The van der Waals surface area contributed by atoms with Crippen molar-refractivity contribution in [1.29, 1.82) is 0 Å². The van der Waals surface area contributed by atoms with Crippen LogP contribution >= 0.6 is 0 Å². The molecular formula is C19H33N3. The highest BCUT2D eigenvalue weighted by molar-refractivity contribution is 5.23. The molecule has 3 nitrogen and oxygen atoms in total. The van der Waals surface area contributed by atoms with Crippen LogP contribution in [0.25, 0.3) is 0 Å². The molecule has 1 aromatic carbocycles. The standard InChI is InChI=1S/C19H33N3/c1-16(2)22-11-5-8-19(15-22)14-21(3)13-18-7-4-6-17(12-18)9-10-20/h4,6-7,12,16,19H,5,8-11,13-15,20H2,1-3H3/t19-/m1/s1. The van der Waals surface area contributed by atoms with Crippen LogP contribution in [0.5, 0.6) is 0 Å². The van der Waals surface area contributed by atoms with E-state index in [2.05, 4.69) is 55.0 Å². The predicted octanol–water partition coefficient (Wildman–Crippen LogP) is 2.74. The van der Waals surface area contributed by atoms with Gasteiger partial charge in [-0.15, -0.1) is 0 Å². The van der Waals surface area contributed by atoms with E-state index in [-0.39, 0.29) is 0 Å². The largest absolute Gasteiger partial charge is 0.330 e. The molecule has 1 aliphatic heterocycles. The fourth-order valence-electron chi connectivity index (χ4n) is 3.58. The SMILES string of the molecule is CC(C)N1CCC[C@H](CN(C)Cc2cccc(CCN)c2)C1. The maximum atomic E-state index is 5.66. The van der Waals surface area contributed by atoms with Crippen molar-refractivity contribution in [2.45, 2.75) is 45.7 Å². The van der Waals surface area contributed by atoms with Gasteiger partial charge in [0.2, 0.25) is 0 Å². The summed E-state index contributed by atoms with van der Waals surface area (Å²) in [5, 5.41) is 0. The van der Waals surface area contributed by atoms with Crippen molar-refractivity contribution in [2.24, 2.45) is 11.7 Å². The van der Waals surface area contributed by atoms with Gasteiger partial charge in [-0.2, -0.15) is 0 Å². The average molecular weight is 303 g/mol. The molecule has 0 amide bonds. The van der Waals surface area contributed by atoms with Gasteiger partial charge in [0.1, 0.15) is 0 Å². The maximum Gasteiger partial charge on any atom is 0.0230 e. The van der Waals surface area contributed by atoms with Gasteiger partial charge in [0, 0.05) is 25.7 Å². The molecule has 2 rings (SSSR count). The summed E-state index contributed by atoms with van der Waals surface area (Å²) >= 11 is 0. The van der Waals surface area contributed by atoms with Crippen LogP contribution in [0.1, 0.15) is 37.8 Å². The van der Waals surface area contributed by atoms with E-state index in [0.29, 0.717) is 6.04 Å². The first-order chi connectivity index (χ1) is 10.6. The van der Waals surface area contributed by atoms with E-state index in [4.69, 9.17) is 5.73 Å². The van der Waals surface area contributed by atoms with Gasteiger partial charge in [-0.05, 0) is 70.3 Å². The summed E-state index contributed by atoms with van der Waals surface area (Å²) in [6.45, 7) is 10.1. The molecule has 1 fully saturated rings. The quantitative estimate of drug-likeness (QED) is 0.840. The van der Waals surface area contributed by atoms with E-state index >= 15 is 0 Å². The van der Waals surface area contributed by atoms with Crippen LogP contribution in [0.3, 0.4) is 0 Å². The summed E-state index contributed by atoms with van der Waals surface area (Å²) in [5.74, 6) is 0.813. The lowest BCUT2D eigenvalue weighted by Crippen LogP contribution is -2.43. The number of nitrogens with two attached hydrogens (primary N) is 1. The number of likely N-dealkylation sites (tertiary alicyclic amines) is 1. The number of rotatable bonds is 7. The topological polar surface area (TPSA) is 32.5 Å². The summed E-state index contributed by atoms with van der Waals surface area (Å²) in [6.07, 6.45) is 3.70. The first-order valence-electron chi connectivity index (χ1n) is 8.79. The van der Waals surface area contributed by atoms with Gasteiger partial charge in [0.15, 0.2) is 0 Å².